The second-order valence-electron chi connectivity index (χ2n) is 3.42. The van der Waals surface area contributed by atoms with Crippen LogP contribution in [0.3, 0.4) is 0 Å². The van der Waals surface area contributed by atoms with E-state index in [1.54, 1.807) is 7.11 Å². The summed E-state index contributed by atoms with van der Waals surface area (Å²) in [5, 5.41) is 2.80. The molecule has 0 aliphatic carbocycles. The van der Waals surface area contributed by atoms with E-state index in [4.69, 9.17) is 4.74 Å². The average molecular weight is 191 g/mol. The number of hydrogen-bond donors (Lipinski definition) is 1. The highest BCUT2D eigenvalue weighted by molar-refractivity contribution is 5.98. The Labute approximate surface area is 83.1 Å². The number of benzene rings is 1. The molecule has 0 saturated heterocycles. The van der Waals surface area contributed by atoms with Crippen LogP contribution >= 0.6 is 0 Å². The minimum absolute atomic E-state index is 0.0401. The molecule has 14 heavy (non-hydrogen) atoms. The predicted molar refractivity (Wildman–Crippen MR) is 53.2 cm³/mol. The summed E-state index contributed by atoms with van der Waals surface area (Å²) in [6, 6.07) is 5.96. The Morgan fingerprint density at radius 3 is 3.14 bits per heavy atom. The van der Waals surface area contributed by atoms with Crippen LogP contribution in [0.1, 0.15) is 21.5 Å². The van der Waals surface area contributed by atoms with Crippen molar-refractivity contribution in [1.29, 1.82) is 0 Å². The second-order valence-corrected chi connectivity index (χ2v) is 3.42. The number of ether oxygens (including phenoxy) is 1. The minimum atomic E-state index is 0.0401. The van der Waals surface area contributed by atoms with Gasteiger partial charge in [-0.05, 0) is 23.6 Å². The first-order valence-electron chi connectivity index (χ1n) is 4.70. The fourth-order valence-electron chi connectivity index (χ4n) is 1.66. The fraction of sp³-hybridized carbons (Fsp3) is 0.364. The number of carbonyl (C=O) groups is 1. The zero-order valence-electron chi connectivity index (χ0n) is 8.17. The Bertz CT molecular complexity index is 360. The fourth-order valence-corrected chi connectivity index (χ4v) is 1.66. The van der Waals surface area contributed by atoms with Crippen molar-refractivity contribution in [2.24, 2.45) is 0 Å². The first kappa shape index (κ1) is 9.21. The van der Waals surface area contributed by atoms with Crippen molar-refractivity contribution in [1.82, 2.24) is 5.32 Å². The molecule has 0 bridgehead atoms. The predicted octanol–water partition coefficient (Wildman–Crippen LogP) is 1.12. The van der Waals surface area contributed by atoms with Crippen LogP contribution in [0.4, 0.5) is 0 Å². The Morgan fingerprint density at radius 2 is 2.36 bits per heavy atom. The van der Waals surface area contributed by atoms with Gasteiger partial charge in [0.05, 0.1) is 6.61 Å². The van der Waals surface area contributed by atoms with E-state index < -0.39 is 0 Å². The molecule has 2 rings (SSSR count). The SMILES string of the molecule is COCCc1ccc2c(c1)CNC2=O. The van der Waals surface area contributed by atoms with Gasteiger partial charge in [-0.15, -0.1) is 0 Å². The molecule has 1 aliphatic rings. The molecule has 1 heterocycles. The van der Waals surface area contributed by atoms with Crippen LogP contribution in [0.25, 0.3) is 0 Å². The van der Waals surface area contributed by atoms with Crippen molar-refractivity contribution in [3.8, 4) is 0 Å². The lowest BCUT2D eigenvalue weighted by Crippen LogP contribution is -2.12. The number of nitrogens with one attached hydrogen (secondary N) is 1. The first-order valence-corrected chi connectivity index (χ1v) is 4.70. The van der Waals surface area contributed by atoms with Crippen molar-refractivity contribution >= 4 is 5.91 Å². The van der Waals surface area contributed by atoms with E-state index in [0.29, 0.717) is 6.54 Å². The number of amides is 1. The molecule has 1 aromatic carbocycles. The average Bonchev–Trinajstić information content (AvgIpc) is 2.57. The molecule has 0 atom stereocenters. The zero-order chi connectivity index (χ0) is 9.97. The molecule has 1 aliphatic heterocycles. The van der Waals surface area contributed by atoms with E-state index in [9.17, 15) is 4.79 Å². The largest absolute Gasteiger partial charge is 0.384 e. The van der Waals surface area contributed by atoms with Gasteiger partial charge in [-0.25, -0.2) is 0 Å². The lowest BCUT2D eigenvalue weighted by atomic mass is 10.0. The number of carbonyl (C=O) groups excluding carboxylic acids is 1. The van der Waals surface area contributed by atoms with Crippen LogP contribution in [0.5, 0.6) is 0 Å². The molecule has 0 aromatic heterocycles. The summed E-state index contributed by atoms with van der Waals surface area (Å²) >= 11 is 0. The summed E-state index contributed by atoms with van der Waals surface area (Å²) in [4.78, 5) is 11.3. The molecule has 0 fully saturated rings. The van der Waals surface area contributed by atoms with Crippen LogP contribution in [-0.4, -0.2) is 19.6 Å². The van der Waals surface area contributed by atoms with Crippen LogP contribution in [0.15, 0.2) is 18.2 Å². The van der Waals surface area contributed by atoms with Gasteiger partial charge >= 0.3 is 0 Å². The van der Waals surface area contributed by atoms with E-state index in [-0.39, 0.29) is 5.91 Å². The minimum Gasteiger partial charge on any atom is -0.384 e. The Morgan fingerprint density at radius 1 is 1.50 bits per heavy atom. The molecule has 0 spiro atoms. The van der Waals surface area contributed by atoms with E-state index in [1.807, 2.05) is 12.1 Å². The summed E-state index contributed by atoms with van der Waals surface area (Å²) in [5.74, 6) is 0.0401. The molecule has 0 saturated carbocycles. The maximum atomic E-state index is 11.3. The molecule has 3 heteroatoms. The van der Waals surface area contributed by atoms with Crippen molar-refractivity contribution in [3.63, 3.8) is 0 Å². The number of hydrogen-bond acceptors (Lipinski definition) is 2. The summed E-state index contributed by atoms with van der Waals surface area (Å²) < 4.78 is 5.00. The standard InChI is InChI=1S/C11H13NO2/c1-14-5-4-8-2-3-10-9(6-8)7-12-11(10)13/h2-3,6H,4-5,7H2,1H3,(H,12,13). The maximum Gasteiger partial charge on any atom is 0.251 e. The lowest BCUT2D eigenvalue weighted by molar-refractivity contribution is 0.0966. The van der Waals surface area contributed by atoms with Crippen LogP contribution in [0.2, 0.25) is 0 Å². The van der Waals surface area contributed by atoms with Gasteiger partial charge in [0, 0.05) is 19.2 Å². The van der Waals surface area contributed by atoms with Gasteiger partial charge in [-0.3, -0.25) is 4.79 Å². The smallest absolute Gasteiger partial charge is 0.251 e. The molecular formula is C11H13NO2. The second kappa shape index (κ2) is 3.80. The van der Waals surface area contributed by atoms with E-state index >= 15 is 0 Å². The molecule has 0 radical (unpaired) electrons. The van der Waals surface area contributed by atoms with Crippen molar-refractivity contribution in [2.75, 3.05) is 13.7 Å². The molecule has 1 aromatic rings. The molecule has 74 valence electrons. The van der Waals surface area contributed by atoms with E-state index in [0.717, 1.165) is 24.2 Å². The lowest BCUT2D eigenvalue weighted by Gasteiger charge is -2.02. The first-order chi connectivity index (χ1) is 6.81. The van der Waals surface area contributed by atoms with Gasteiger partial charge < -0.3 is 10.1 Å². The monoisotopic (exact) mass is 191 g/mol. The summed E-state index contributed by atoms with van der Waals surface area (Å²) in [7, 11) is 1.69. The number of rotatable bonds is 3. The topological polar surface area (TPSA) is 38.3 Å². The van der Waals surface area contributed by atoms with Crippen LogP contribution in [-0.2, 0) is 17.7 Å². The third-order valence-electron chi connectivity index (χ3n) is 2.45. The summed E-state index contributed by atoms with van der Waals surface area (Å²) in [6.45, 7) is 1.38. The number of methoxy groups -OCH3 is 1. The molecule has 1 amide bonds. The van der Waals surface area contributed by atoms with Crippen LogP contribution < -0.4 is 5.32 Å². The van der Waals surface area contributed by atoms with Gasteiger partial charge in [-0.2, -0.15) is 0 Å². The zero-order valence-corrected chi connectivity index (χ0v) is 8.17. The van der Waals surface area contributed by atoms with E-state index in [2.05, 4.69) is 11.4 Å². The quantitative estimate of drug-likeness (QED) is 0.777. The van der Waals surface area contributed by atoms with Gasteiger partial charge in [0.2, 0.25) is 0 Å². The van der Waals surface area contributed by atoms with Gasteiger partial charge in [0.25, 0.3) is 5.91 Å². The molecule has 0 unspecified atom stereocenters. The molecular weight excluding hydrogens is 178 g/mol. The highest BCUT2D eigenvalue weighted by Gasteiger charge is 2.17. The Kier molecular flexibility index (Phi) is 2.50. The third-order valence-corrected chi connectivity index (χ3v) is 2.45. The highest BCUT2D eigenvalue weighted by Crippen LogP contribution is 2.17. The van der Waals surface area contributed by atoms with Gasteiger partial charge in [0.15, 0.2) is 0 Å². The van der Waals surface area contributed by atoms with Gasteiger partial charge in [-0.1, -0.05) is 12.1 Å². The van der Waals surface area contributed by atoms with Crippen molar-refractivity contribution < 1.29 is 9.53 Å². The Hall–Kier alpha value is -1.35. The molecule has 3 nitrogen and oxygen atoms in total. The van der Waals surface area contributed by atoms with Crippen molar-refractivity contribution in [3.05, 3.63) is 34.9 Å². The van der Waals surface area contributed by atoms with E-state index in [1.165, 1.54) is 5.56 Å². The van der Waals surface area contributed by atoms with Gasteiger partial charge in [0.1, 0.15) is 0 Å². The normalized spacial score (nSPS) is 13.9. The van der Waals surface area contributed by atoms with Crippen molar-refractivity contribution in [2.45, 2.75) is 13.0 Å². The summed E-state index contributed by atoms with van der Waals surface area (Å²) in [6.07, 6.45) is 0.901. The third kappa shape index (κ3) is 1.63. The highest BCUT2D eigenvalue weighted by atomic mass is 16.5. The molecule has 1 N–H and O–H groups in total. The van der Waals surface area contributed by atoms with Crippen LogP contribution in [0, 0.1) is 0 Å². The number of fused-ring (bicyclic) bond motifs is 1. The summed E-state index contributed by atoms with van der Waals surface area (Å²) in [5.41, 5.74) is 3.14. The Balaban J connectivity index is 2.19. The maximum absolute atomic E-state index is 11.3.